The third-order valence-corrected chi connectivity index (χ3v) is 4.60. The van der Waals surface area contributed by atoms with Crippen LogP contribution in [0.3, 0.4) is 0 Å². The number of ether oxygens (including phenoxy) is 1. The highest BCUT2D eigenvalue weighted by Crippen LogP contribution is 2.29. The Bertz CT molecular complexity index is 658. The molecule has 1 aliphatic rings. The molecule has 0 bridgehead atoms. The Kier molecular flexibility index (Phi) is 9.84. The summed E-state index contributed by atoms with van der Waals surface area (Å²) in [5, 5.41) is 10.4. The molecule has 1 unspecified atom stereocenters. The molecule has 1 aliphatic carbocycles. The van der Waals surface area contributed by atoms with Gasteiger partial charge >= 0.3 is 5.97 Å². The fourth-order valence-electron chi connectivity index (χ4n) is 3.04. The molecule has 0 saturated carbocycles. The summed E-state index contributed by atoms with van der Waals surface area (Å²) in [4.78, 5) is 24.3. The first-order chi connectivity index (χ1) is 12.8. The lowest BCUT2D eigenvalue weighted by atomic mass is 9.87. The summed E-state index contributed by atoms with van der Waals surface area (Å²) in [6.45, 7) is 9.58. The summed E-state index contributed by atoms with van der Waals surface area (Å²) in [6, 6.07) is 0. The van der Waals surface area contributed by atoms with E-state index in [9.17, 15) is 14.7 Å². The van der Waals surface area contributed by atoms with E-state index in [4.69, 9.17) is 4.74 Å². The lowest BCUT2D eigenvalue weighted by Crippen LogP contribution is -2.33. The van der Waals surface area contributed by atoms with Crippen molar-refractivity contribution in [1.82, 2.24) is 0 Å². The third-order valence-electron chi connectivity index (χ3n) is 4.60. The van der Waals surface area contributed by atoms with Crippen LogP contribution in [0, 0.1) is 0 Å². The summed E-state index contributed by atoms with van der Waals surface area (Å²) in [6.07, 6.45) is 10.7. The van der Waals surface area contributed by atoms with E-state index < -0.39 is 12.1 Å². The van der Waals surface area contributed by atoms with Gasteiger partial charge in [-0.1, -0.05) is 43.1 Å². The first-order valence-electron chi connectivity index (χ1n) is 9.89. The van der Waals surface area contributed by atoms with E-state index in [0.29, 0.717) is 24.0 Å². The molecular weight excluding hydrogens is 340 g/mol. The van der Waals surface area contributed by atoms with Gasteiger partial charge in [0.15, 0.2) is 6.10 Å². The second-order valence-corrected chi connectivity index (χ2v) is 7.47. The van der Waals surface area contributed by atoms with Crippen molar-refractivity contribution in [3.05, 3.63) is 46.3 Å². The molecule has 0 aromatic heterocycles. The van der Waals surface area contributed by atoms with Crippen molar-refractivity contribution in [2.24, 2.45) is 0 Å². The predicted molar refractivity (Wildman–Crippen MR) is 109 cm³/mol. The summed E-state index contributed by atoms with van der Waals surface area (Å²) >= 11 is 0. The van der Waals surface area contributed by atoms with Crippen LogP contribution in [-0.2, 0) is 14.3 Å². The zero-order valence-corrected chi connectivity index (χ0v) is 17.4. The standard InChI is InChI=1S/C23H34O4/c1-6-7-8-12-19-15-21(25)20(22(26)23(19)27-18(5)24)14-13-17(4)11-9-10-16(2)3/h10,13,15,23,25H,6-9,11-12,14H2,1-5H3/b17-13+. The van der Waals surface area contributed by atoms with E-state index in [2.05, 4.69) is 26.8 Å². The fraction of sp³-hybridized carbons (Fsp3) is 0.565. The van der Waals surface area contributed by atoms with Crippen molar-refractivity contribution in [3.8, 4) is 0 Å². The predicted octanol–water partition coefficient (Wildman–Crippen LogP) is 5.90. The van der Waals surface area contributed by atoms with E-state index in [1.807, 2.05) is 13.0 Å². The number of esters is 1. The van der Waals surface area contributed by atoms with Crippen molar-refractivity contribution in [1.29, 1.82) is 0 Å². The number of rotatable bonds is 10. The lowest BCUT2D eigenvalue weighted by molar-refractivity contribution is -0.150. The monoisotopic (exact) mass is 374 g/mol. The van der Waals surface area contributed by atoms with Crippen LogP contribution in [0.5, 0.6) is 0 Å². The number of aliphatic hydroxyl groups excluding tert-OH is 1. The number of carbonyl (C=O) groups excluding carboxylic acids is 2. The Morgan fingerprint density at radius 1 is 1.19 bits per heavy atom. The molecule has 0 fully saturated rings. The molecule has 27 heavy (non-hydrogen) atoms. The van der Waals surface area contributed by atoms with Gasteiger partial charge in [-0.15, -0.1) is 0 Å². The lowest BCUT2D eigenvalue weighted by Gasteiger charge is -2.24. The third kappa shape index (κ3) is 7.98. The highest BCUT2D eigenvalue weighted by atomic mass is 16.5. The van der Waals surface area contributed by atoms with Gasteiger partial charge < -0.3 is 9.84 Å². The number of aliphatic hydroxyl groups is 1. The zero-order chi connectivity index (χ0) is 20.4. The number of allylic oxidation sites excluding steroid dienone is 5. The molecule has 0 radical (unpaired) electrons. The number of ketones is 1. The van der Waals surface area contributed by atoms with Crippen LogP contribution in [0.1, 0.15) is 79.6 Å². The summed E-state index contributed by atoms with van der Waals surface area (Å²) in [5.41, 5.74) is 3.47. The van der Waals surface area contributed by atoms with E-state index in [0.717, 1.165) is 32.1 Å². The van der Waals surface area contributed by atoms with Gasteiger partial charge in [0.05, 0.1) is 0 Å². The molecule has 1 N–H and O–H groups in total. The summed E-state index contributed by atoms with van der Waals surface area (Å²) in [7, 11) is 0. The van der Waals surface area contributed by atoms with Gasteiger partial charge in [0, 0.05) is 12.5 Å². The Morgan fingerprint density at radius 2 is 1.89 bits per heavy atom. The Hall–Kier alpha value is -2.10. The number of unbranched alkanes of at least 4 members (excludes halogenated alkanes) is 2. The van der Waals surface area contributed by atoms with Crippen molar-refractivity contribution >= 4 is 11.8 Å². The number of Topliss-reactive ketones (excluding diaryl/α,β-unsaturated/α-hetero) is 1. The first kappa shape index (κ1) is 22.9. The van der Waals surface area contributed by atoms with Crippen LogP contribution < -0.4 is 0 Å². The van der Waals surface area contributed by atoms with Crippen LogP contribution >= 0.6 is 0 Å². The van der Waals surface area contributed by atoms with Gasteiger partial charge in [0.1, 0.15) is 5.76 Å². The van der Waals surface area contributed by atoms with E-state index in [-0.39, 0.29) is 11.5 Å². The van der Waals surface area contributed by atoms with Gasteiger partial charge in [0.25, 0.3) is 0 Å². The summed E-state index contributed by atoms with van der Waals surface area (Å²) in [5.74, 6) is -0.780. The topological polar surface area (TPSA) is 63.6 Å². The molecule has 0 amide bonds. The minimum atomic E-state index is -0.898. The average molecular weight is 375 g/mol. The molecule has 4 nitrogen and oxygen atoms in total. The molecule has 0 aromatic rings. The highest BCUT2D eigenvalue weighted by Gasteiger charge is 2.33. The van der Waals surface area contributed by atoms with Crippen LogP contribution in [0.4, 0.5) is 0 Å². The largest absolute Gasteiger partial charge is 0.508 e. The van der Waals surface area contributed by atoms with Crippen LogP contribution in [0.15, 0.2) is 46.3 Å². The minimum absolute atomic E-state index is 0.00301. The quantitative estimate of drug-likeness (QED) is 0.294. The smallest absolute Gasteiger partial charge is 0.303 e. The molecule has 0 aromatic carbocycles. The van der Waals surface area contributed by atoms with Crippen molar-refractivity contribution < 1.29 is 19.4 Å². The van der Waals surface area contributed by atoms with Gasteiger partial charge in [-0.05, 0) is 64.5 Å². The van der Waals surface area contributed by atoms with Gasteiger partial charge in [0.2, 0.25) is 5.78 Å². The SMILES string of the molecule is CCCCCC1=CC(O)=C(C/C=C(\C)CCC=C(C)C)C(=O)C1OC(C)=O. The maximum absolute atomic E-state index is 12.9. The molecule has 1 atom stereocenters. The normalized spacial score (nSPS) is 17.7. The van der Waals surface area contributed by atoms with Gasteiger partial charge in [-0.25, -0.2) is 0 Å². The zero-order valence-electron chi connectivity index (χ0n) is 17.4. The summed E-state index contributed by atoms with van der Waals surface area (Å²) < 4.78 is 5.29. The van der Waals surface area contributed by atoms with Crippen molar-refractivity contribution in [2.75, 3.05) is 0 Å². The van der Waals surface area contributed by atoms with E-state index in [1.54, 1.807) is 6.08 Å². The van der Waals surface area contributed by atoms with Crippen molar-refractivity contribution in [2.45, 2.75) is 85.7 Å². The maximum Gasteiger partial charge on any atom is 0.303 e. The molecular formula is C23H34O4. The fourth-order valence-corrected chi connectivity index (χ4v) is 3.04. The van der Waals surface area contributed by atoms with E-state index in [1.165, 1.54) is 18.1 Å². The van der Waals surface area contributed by atoms with Crippen LogP contribution in [-0.4, -0.2) is 23.0 Å². The minimum Gasteiger partial charge on any atom is -0.508 e. The highest BCUT2D eigenvalue weighted by molar-refractivity contribution is 6.04. The van der Waals surface area contributed by atoms with Gasteiger partial charge in [-0.3, -0.25) is 9.59 Å². The molecule has 4 heteroatoms. The molecule has 0 heterocycles. The number of hydrogen-bond donors (Lipinski definition) is 1. The molecule has 0 saturated heterocycles. The van der Waals surface area contributed by atoms with Crippen LogP contribution in [0.25, 0.3) is 0 Å². The maximum atomic E-state index is 12.9. The Balaban J connectivity index is 2.93. The Morgan fingerprint density at radius 3 is 2.48 bits per heavy atom. The average Bonchev–Trinajstić information content (AvgIpc) is 2.57. The van der Waals surface area contributed by atoms with E-state index >= 15 is 0 Å². The second kappa shape index (κ2) is 11.6. The first-order valence-corrected chi connectivity index (χ1v) is 9.89. The molecule has 0 spiro atoms. The molecule has 1 rings (SSSR count). The molecule has 0 aliphatic heterocycles. The van der Waals surface area contributed by atoms with Crippen LogP contribution in [0.2, 0.25) is 0 Å². The second-order valence-electron chi connectivity index (χ2n) is 7.47. The van der Waals surface area contributed by atoms with Gasteiger partial charge in [-0.2, -0.15) is 0 Å². The number of carbonyl (C=O) groups is 2. The molecule has 150 valence electrons. The Labute approximate surface area is 163 Å². The number of hydrogen-bond acceptors (Lipinski definition) is 4. The van der Waals surface area contributed by atoms with Crippen molar-refractivity contribution in [3.63, 3.8) is 0 Å².